The van der Waals surface area contributed by atoms with Crippen LogP contribution in [0.4, 0.5) is 5.82 Å². The number of amides is 2. The Bertz CT molecular complexity index is 928. The summed E-state index contributed by atoms with van der Waals surface area (Å²) in [7, 11) is 1.54. The van der Waals surface area contributed by atoms with E-state index in [4.69, 9.17) is 15.2 Å². The average Bonchev–Trinajstić information content (AvgIpc) is 2.71. The maximum Gasteiger partial charge on any atom is 0.254 e. The van der Waals surface area contributed by atoms with Crippen LogP contribution in [0.3, 0.4) is 0 Å². The summed E-state index contributed by atoms with van der Waals surface area (Å²) in [5.41, 5.74) is 8.42. The highest BCUT2D eigenvalue weighted by Crippen LogP contribution is 2.31. The highest BCUT2D eigenvalue weighted by molar-refractivity contribution is 5.98. The number of benzene rings is 1. The predicted octanol–water partition coefficient (Wildman–Crippen LogP) is 0.993. The van der Waals surface area contributed by atoms with E-state index in [1.54, 1.807) is 36.2 Å². The summed E-state index contributed by atoms with van der Waals surface area (Å²) in [5.74, 6) is 1.05. The molecular formula is C19H20N4O4. The molecule has 8 nitrogen and oxygen atoms in total. The second kappa shape index (κ2) is 6.79. The molecule has 1 aromatic carbocycles. The lowest BCUT2D eigenvalue weighted by Crippen LogP contribution is -2.37. The van der Waals surface area contributed by atoms with Crippen molar-refractivity contribution in [3.05, 3.63) is 46.6 Å². The van der Waals surface area contributed by atoms with Crippen LogP contribution in [-0.2, 0) is 13.0 Å². The fraction of sp³-hybridized carbons (Fsp3) is 0.316. The Labute approximate surface area is 156 Å². The fourth-order valence-corrected chi connectivity index (χ4v) is 3.34. The van der Waals surface area contributed by atoms with Crippen molar-refractivity contribution < 1.29 is 19.1 Å². The molecule has 0 bridgehead atoms. The van der Waals surface area contributed by atoms with Gasteiger partial charge in [-0.1, -0.05) is 0 Å². The van der Waals surface area contributed by atoms with Gasteiger partial charge in [0, 0.05) is 37.8 Å². The molecule has 2 aliphatic rings. The van der Waals surface area contributed by atoms with Gasteiger partial charge < -0.3 is 25.4 Å². The number of rotatable bonds is 2. The molecule has 0 fully saturated rings. The van der Waals surface area contributed by atoms with Crippen molar-refractivity contribution in [1.29, 1.82) is 0 Å². The van der Waals surface area contributed by atoms with Gasteiger partial charge in [-0.3, -0.25) is 9.59 Å². The molecule has 2 amide bonds. The zero-order valence-electron chi connectivity index (χ0n) is 14.9. The van der Waals surface area contributed by atoms with Crippen LogP contribution >= 0.6 is 0 Å². The number of nitrogens with zero attached hydrogens (tertiary/aromatic N) is 2. The number of carbonyl (C=O) groups is 2. The Hall–Kier alpha value is -3.29. The Morgan fingerprint density at radius 1 is 1.19 bits per heavy atom. The third-order valence-corrected chi connectivity index (χ3v) is 4.75. The monoisotopic (exact) mass is 368 g/mol. The van der Waals surface area contributed by atoms with Crippen LogP contribution in [0.25, 0.3) is 0 Å². The lowest BCUT2D eigenvalue weighted by molar-refractivity contribution is 0.0732. The summed E-state index contributed by atoms with van der Waals surface area (Å²) in [6, 6.07) is 6.93. The van der Waals surface area contributed by atoms with Crippen LogP contribution in [0.1, 0.15) is 32.0 Å². The largest absolute Gasteiger partial charge is 0.486 e. The van der Waals surface area contributed by atoms with E-state index in [1.165, 1.54) is 0 Å². The van der Waals surface area contributed by atoms with Crippen LogP contribution in [0, 0.1) is 0 Å². The molecular weight excluding hydrogens is 348 g/mol. The van der Waals surface area contributed by atoms with Crippen molar-refractivity contribution in [2.75, 3.05) is 32.5 Å². The van der Waals surface area contributed by atoms with Gasteiger partial charge in [0.05, 0.1) is 5.56 Å². The van der Waals surface area contributed by atoms with Gasteiger partial charge in [-0.25, -0.2) is 4.98 Å². The Morgan fingerprint density at radius 2 is 1.96 bits per heavy atom. The van der Waals surface area contributed by atoms with Gasteiger partial charge in [0.1, 0.15) is 19.0 Å². The van der Waals surface area contributed by atoms with Crippen LogP contribution in [0.15, 0.2) is 24.3 Å². The molecule has 3 heterocycles. The van der Waals surface area contributed by atoms with Crippen molar-refractivity contribution in [2.24, 2.45) is 0 Å². The lowest BCUT2D eigenvalue weighted by Gasteiger charge is -2.29. The highest BCUT2D eigenvalue weighted by Gasteiger charge is 2.26. The molecule has 0 unspecified atom stereocenters. The number of pyridine rings is 1. The maximum absolute atomic E-state index is 12.9. The maximum atomic E-state index is 12.9. The minimum Gasteiger partial charge on any atom is -0.486 e. The number of nitrogens with one attached hydrogen (secondary N) is 1. The minimum atomic E-state index is -0.293. The van der Waals surface area contributed by atoms with E-state index in [9.17, 15) is 9.59 Å². The smallest absolute Gasteiger partial charge is 0.254 e. The SMILES string of the molecule is CNC(=O)c1cc2c(nc1N)CCN(C(=O)c1ccc3c(c1)OCCO3)C2. The molecule has 0 radical (unpaired) electrons. The van der Waals surface area contributed by atoms with Gasteiger partial charge in [-0.2, -0.15) is 0 Å². The Kier molecular flexibility index (Phi) is 4.31. The summed E-state index contributed by atoms with van der Waals surface area (Å²) in [5, 5.41) is 2.55. The van der Waals surface area contributed by atoms with Crippen LogP contribution in [0.5, 0.6) is 11.5 Å². The number of nitrogens with two attached hydrogens (primary N) is 1. The average molecular weight is 368 g/mol. The van der Waals surface area contributed by atoms with Gasteiger partial charge in [-0.15, -0.1) is 0 Å². The van der Waals surface area contributed by atoms with E-state index < -0.39 is 0 Å². The number of anilines is 1. The zero-order valence-corrected chi connectivity index (χ0v) is 14.9. The van der Waals surface area contributed by atoms with Gasteiger partial charge in [-0.05, 0) is 29.8 Å². The summed E-state index contributed by atoms with van der Waals surface area (Å²) >= 11 is 0. The molecule has 1 aromatic heterocycles. The number of aromatic nitrogens is 1. The molecule has 27 heavy (non-hydrogen) atoms. The number of ether oxygens (including phenoxy) is 2. The van der Waals surface area contributed by atoms with Gasteiger partial charge in [0.15, 0.2) is 11.5 Å². The Balaban J connectivity index is 1.58. The molecule has 140 valence electrons. The van der Waals surface area contributed by atoms with Crippen molar-refractivity contribution in [2.45, 2.75) is 13.0 Å². The number of hydrogen-bond acceptors (Lipinski definition) is 6. The first-order valence-corrected chi connectivity index (χ1v) is 8.76. The van der Waals surface area contributed by atoms with Crippen molar-refractivity contribution in [3.63, 3.8) is 0 Å². The summed E-state index contributed by atoms with van der Waals surface area (Å²) in [6.45, 7) is 1.88. The molecule has 0 spiro atoms. The second-order valence-electron chi connectivity index (χ2n) is 6.44. The molecule has 2 aliphatic heterocycles. The normalized spacial score (nSPS) is 15.1. The first-order chi connectivity index (χ1) is 13.1. The van der Waals surface area contributed by atoms with E-state index in [2.05, 4.69) is 10.3 Å². The zero-order chi connectivity index (χ0) is 19.0. The summed E-state index contributed by atoms with van der Waals surface area (Å²) in [6.07, 6.45) is 0.587. The first kappa shape index (κ1) is 17.1. The second-order valence-corrected chi connectivity index (χ2v) is 6.44. The van der Waals surface area contributed by atoms with Crippen molar-refractivity contribution >= 4 is 17.6 Å². The van der Waals surface area contributed by atoms with E-state index in [0.29, 0.717) is 55.4 Å². The van der Waals surface area contributed by atoms with Crippen molar-refractivity contribution in [3.8, 4) is 11.5 Å². The molecule has 0 aliphatic carbocycles. The van der Waals surface area contributed by atoms with Gasteiger partial charge >= 0.3 is 0 Å². The molecule has 3 N–H and O–H groups in total. The summed E-state index contributed by atoms with van der Waals surface area (Å²) < 4.78 is 11.1. The van der Waals surface area contributed by atoms with Gasteiger partial charge in [0.25, 0.3) is 11.8 Å². The topological polar surface area (TPSA) is 107 Å². The quantitative estimate of drug-likeness (QED) is 0.819. The van der Waals surface area contributed by atoms with Crippen LogP contribution in [-0.4, -0.2) is 48.5 Å². The molecule has 2 aromatic rings. The lowest BCUT2D eigenvalue weighted by atomic mass is 10.0. The van der Waals surface area contributed by atoms with Gasteiger partial charge in [0.2, 0.25) is 0 Å². The predicted molar refractivity (Wildman–Crippen MR) is 97.9 cm³/mol. The van der Waals surface area contributed by atoms with Crippen LogP contribution in [0.2, 0.25) is 0 Å². The third kappa shape index (κ3) is 3.14. The summed E-state index contributed by atoms with van der Waals surface area (Å²) in [4.78, 5) is 31.0. The van der Waals surface area contributed by atoms with Crippen LogP contribution < -0.4 is 20.5 Å². The fourth-order valence-electron chi connectivity index (χ4n) is 3.34. The molecule has 0 saturated carbocycles. The van der Waals surface area contributed by atoms with E-state index >= 15 is 0 Å². The number of hydrogen-bond donors (Lipinski definition) is 2. The minimum absolute atomic E-state index is 0.101. The highest BCUT2D eigenvalue weighted by atomic mass is 16.6. The molecule has 4 rings (SSSR count). The first-order valence-electron chi connectivity index (χ1n) is 8.76. The molecule has 0 saturated heterocycles. The van der Waals surface area contributed by atoms with E-state index in [0.717, 1.165) is 11.3 Å². The third-order valence-electron chi connectivity index (χ3n) is 4.75. The number of carbonyl (C=O) groups excluding carboxylic acids is 2. The Morgan fingerprint density at radius 3 is 2.74 bits per heavy atom. The van der Waals surface area contributed by atoms with Crippen molar-refractivity contribution in [1.82, 2.24) is 15.2 Å². The van der Waals surface area contributed by atoms with E-state index in [-0.39, 0.29) is 17.6 Å². The number of nitrogen functional groups attached to an aromatic ring is 1. The number of fused-ring (bicyclic) bond motifs is 2. The van der Waals surface area contributed by atoms with E-state index in [1.807, 2.05) is 0 Å². The molecule has 8 heteroatoms. The standard InChI is InChI=1S/C19H20N4O4/c1-21-18(24)13-8-12-10-23(5-4-14(12)22-17(13)20)19(25)11-2-3-15-16(9-11)27-7-6-26-15/h2-3,8-9H,4-7,10H2,1H3,(H2,20,22)(H,21,24). The molecule has 0 atom stereocenters.